The molecule has 2 aromatic rings. The molecule has 0 bridgehead atoms. The monoisotopic (exact) mass is 338 g/mol. The molecular formula is C18H14N2O3S. The number of thioether (sulfide) groups is 1. The molecule has 1 N–H and O–H groups in total. The Morgan fingerprint density at radius 2 is 1.88 bits per heavy atom. The number of hydrogen-bond acceptors (Lipinski definition) is 4. The van der Waals surface area contributed by atoms with Gasteiger partial charge in [0.2, 0.25) is 5.91 Å². The van der Waals surface area contributed by atoms with Crippen molar-refractivity contribution < 1.29 is 14.4 Å². The molecule has 0 unspecified atom stereocenters. The van der Waals surface area contributed by atoms with Gasteiger partial charge in [-0.3, -0.25) is 19.3 Å². The number of fused-ring (bicyclic) bond motifs is 2. The van der Waals surface area contributed by atoms with Crippen molar-refractivity contribution >= 4 is 35.2 Å². The lowest BCUT2D eigenvalue weighted by molar-refractivity contribution is -0.115. The minimum absolute atomic E-state index is 0.0960. The van der Waals surface area contributed by atoms with E-state index in [4.69, 9.17) is 0 Å². The Morgan fingerprint density at radius 1 is 1.12 bits per heavy atom. The summed E-state index contributed by atoms with van der Waals surface area (Å²) in [5.41, 5.74) is 2.43. The van der Waals surface area contributed by atoms with E-state index in [2.05, 4.69) is 5.32 Å². The molecule has 0 fully saturated rings. The van der Waals surface area contributed by atoms with Crippen LogP contribution in [-0.4, -0.2) is 34.9 Å². The molecule has 1 atom stereocenters. The number of imide groups is 1. The van der Waals surface area contributed by atoms with E-state index >= 15 is 0 Å². The van der Waals surface area contributed by atoms with E-state index in [1.807, 2.05) is 24.3 Å². The Bertz CT molecular complexity index is 869. The number of hydrogen-bond donors (Lipinski definition) is 1. The topological polar surface area (TPSA) is 66.5 Å². The predicted molar refractivity (Wildman–Crippen MR) is 91.3 cm³/mol. The third-order valence-electron chi connectivity index (χ3n) is 4.30. The fourth-order valence-electron chi connectivity index (χ4n) is 2.99. The quantitative estimate of drug-likeness (QED) is 0.855. The Kier molecular flexibility index (Phi) is 3.42. The van der Waals surface area contributed by atoms with Crippen molar-refractivity contribution in [2.45, 2.75) is 16.6 Å². The highest BCUT2D eigenvalue weighted by Gasteiger charge is 2.33. The van der Waals surface area contributed by atoms with E-state index in [1.165, 1.54) is 12.6 Å². The van der Waals surface area contributed by atoms with Gasteiger partial charge in [-0.05, 0) is 36.2 Å². The molecule has 0 saturated heterocycles. The number of nitrogens with zero attached hydrogens (tertiary/aromatic N) is 1. The molecule has 4 rings (SSSR count). The number of rotatable bonds is 2. The smallest absolute Gasteiger partial charge is 0.261 e. The third kappa shape index (κ3) is 2.30. The van der Waals surface area contributed by atoms with Crippen molar-refractivity contribution in [1.29, 1.82) is 0 Å². The van der Waals surface area contributed by atoms with Crippen LogP contribution in [0.3, 0.4) is 0 Å². The maximum Gasteiger partial charge on any atom is 0.261 e. The van der Waals surface area contributed by atoms with Crippen molar-refractivity contribution in [2.75, 3.05) is 12.4 Å². The van der Waals surface area contributed by atoms with Crippen LogP contribution < -0.4 is 5.32 Å². The lowest BCUT2D eigenvalue weighted by Gasteiger charge is -2.10. The minimum atomic E-state index is -0.339. The van der Waals surface area contributed by atoms with Gasteiger partial charge in [-0.2, -0.15) is 0 Å². The Balaban J connectivity index is 1.52. The van der Waals surface area contributed by atoms with Gasteiger partial charge in [0.1, 0.15) is 0 Å². The zero-order valence-corrected chi connectivity index (χ0v) is 13.7. The van der Waals surface area contributed by atoms with Crippen LogP contribution in [0.25, 0.3) is 0 Å². The number of nitrogens with one attached hydrogen (secondary N) is 1. The first-order chi connectivity index (χ1) is 11.5. The van der Waals surface area contributed by atoms with Crippen LogP contribution in [0, 0.1) is 0 Å². The highest BCUT2D eigenvalue weighted by Crippen LogP contribution is 2.37. The molecule has 0 aromatic heterocycles. The van der Waals surface area contributed by atoms with Crippen LogP contribution in [0.4, 0.5) is 5.69 Å². The number of amides is 3. The number of benzene rings is 2. The van der Waals surface area contributed by atoms with Gasteiger partial charge in [0.15, 0.2) is 0 Å². The summed E-state index contributed by atoms with van der Waals surface area (Å²) in [6, 6.07) is 12.8. The van der Waals surface area contributed by atoms with Gasteiger partial charge in [0.05, 0.1) is 16.4 Å². The summed E-state index contributed by atoms with van der Waals surface area (Å²) in [6.07, 6.45) is 0.692. The van der Waals surface area contributed by atoms with Crippen LogP contribution in [0.1, 0.15) is 26.3 Å². The van der Waals surface area contributed by atoms with Crippen molar-refractivity contribution in [2.24, 2.45) is 0 Å². The lowest BCUT2D eigenvalue weighted by atomic mass is 10.1. The molecule has 2 heterocycles. The summed E-state index contributed by atoms with van der Waals surface area (Å²) < 4.78 is 0. The van der Waals surface area contributed by atoms with Crippen LogP contribution >= 0.6 is 11.8 Å². The molecule has 5 nitrogen and oxygen atoms in total. The van der Waals surface area contributed by atoms with Gasteiger partial charge < -0.3 is 5.32 Å². The Morgan fingerprint density at radius 3 is 2.67 bits per heavy atom. The largest absolute Gasteiger partial charge is 0.325 e. The van der Waals surface area contributed by atoms with Crippen LogP contribution in [0.2, 0.25) is 0 Å². The molecule has 6 heteroatoms. The van der Waals surface area contributed by atoms with Crippen LogP contribution in [0.5, 0.6) is 0 Å². The van der Waals surface area contributed by atoms with Crippen LogP contribution in [0.15, 0.2) is 47.4 Å². The van der Waals surface area contributed by atoms with E-state index in [0.717, 1.165) is 9.80 Å². The molecule has 120 valence electrons. The van der Waals surface area contributed by atoms with Crippen molar-refractivity contribution in [3.63, 3.8) is 0 Å². The summed E-state index contributed by atoms with van der Waals surface area (Å²) in [7, 11) is 1.45. The summed E-state index contributed by atoms with van der Waals surface area (Å²) in [5.74, 6) is -0.746. The fourth-order valence-corrected chi connectivity index (χ4v) is 4.19. The molecule has 2 aromatic carbocycles. The van der Waals surface area contributed by atoms with Gasteiger partial charge in [0, 0.05) is 17.6 Å². The molecule has 3 amide bonds. The normalized spacial score (nSPS) is 18.5. The average Bonchev–Trinajstić information content (AvgIpc) is 3.11. The second-order valence-corrected chi connectivity index (χ2v) is 7.08. The summed E-state index contributed by atoms with van der Waals surface area (Å²) >= 11 is 1.55. The van der Waals surface area contributed by atoms with Gasteiger partial charge >= 0.3 is 0 Å². The lowest BCUT2D eigenvalue weighted by Crippen LogP contribution is -2.25. The van der Waals surface area contributed by atoms with Crippen molar-refractivity contribution in [3.8, 4) is 0 Å². The zero-order valence-electron chi connectivity index (χ0n) is 12.9. The maximum atomic E-state index is 12.5. The number of carbonyl (C=O) groups is 3. The minimum Gasteiger partial charge on any atom is -0.325 e. The first-order valence-electron chi connectivity index (χ1n) is 7.56. The highest BCUT2D eigenvalue weighted by molar-refractivity contribution is 8.01. The SMILES string of the molecule is CN1C(=O)c2ccc(NC(=O)[C@H]3Cc4ccccc4S3)cc2C1=O. The summed E-state index contributed by atoms with van der Waals surface area (Å²) in [6.45, 7) is 0. The first-order valence-corrected chi connectivity index (χ1v) is 8.44. The van der Waals surface area contributed by atoms with Crippen LogP contribution in [-0.2, 0) is 11.2 Å². The molecule has 0 spiro atoms. The molecule has 24 heavy (non-hydrogen) atoms. The average molecular weight is 338 g/mol. The second-order valence-electron chi connectivity index (χ2n) is 5.84. The van der Waals surface area contributed by atoms with Gasteiger partial charge in [0.25, 0.3) is 11.8 Å². The Labute approximate surface area is 143 Å². The van der Waals surface area contributed by atoms with E-state index in [9.17, 15) is 14.4 Å². The molecular weight excluding hydrogens is 324 g/mol. The maximum absolute atomic E-state index is 12.5. The molecule has 0 aliphatic carbocycles. The van der Waals surface area contributed by atoms with Crippen molar-refractivity contribution in [3.05, 3.63) is 59.2 Å². The first kappa shape index (κ1) is 15.0. The van der Waals surface area contributed by atoms with E-state index in [1.54, 1.807) is 30.0 Å². The molecule has 2 aliphatic heterocycles. The predicted octanol–water partition coefficient (Wildman–Crippen LogP) is 2.57. The summed E-state index contributed by atoms with van der Waals surface area (Å²) in [5, 5.41) is 2.67. The van der Waals surface area contributed by atoms with E-state index < -0.39 is 0 Å². The Hall–Kier alpha value is -2.60. The molecule has 2 aliphatic rings. The molecule has 0 radical (unpaired) electrons. The highest BCUT2D eigenvalue weighted by atomic mass is 32.2. The third-order valence-corrected chi connectivity index (χ3v) is 5.61. The molecule has 0 saturated carbocycles. The second kappa shape index (κ2) is 5.49. The van der Waals surface area contributed by atoms with Gasteiger partial charge in [-0.15, -0.1) is 11.8 Å². The standard InChI is InChI=1S/C18H14N2O3S/c1-20-17(22)12-7-6-11(9-13(12)18(20)23)19-16(21)15-8-10-4-2-3-5-14(10)24-15/h2-7,9,15H,8H2,1H3,(H,19,21)/t15-/m1/s1. The summed E-state index contributed by atoms with van der Waals surface area (Å²) in [4.78, 5) is 38.6. The van der Waals surface area contributed by atoms with E-state index in [-0.39, 0.29) is 23.0 Å². The van der Waals surface area contributed by atoms with Gasteiger partial charge in [-0.1, -0.05) is 18.2 Å². The fraction of sp³-hybridized carbons (Fsp3) is 0.167. The van der Waals surface area contributed by atoms with Gasteiger partial charge in [-0.25, -0.2) is 0 Å². The van der Waals surface area contributed by atoms with E-state index in [0.29, 0.717) is 23.2 Å². The van der Waals surface area contributed by atoms with Crippen molar-refractivity contribution in [1.82, 2.24) is 4.90 Å². The number of anilines is 1. The number of carbonyl (C=O) groups excluding carboxylic acids is 3. The zero-order chi connectivity index (χ0) is 16.8.